The predicted octanol–water partition coefficient (Wildman–Crippen LogP) is 2.11. The summed E-state index contributed by atoms with van der Waals surface area (Å²) in [7, 11) is 0. The first kappa shape index (κ1) is 11.7. The van der Waals surface area contributed by atoms with Crippen molar-refractivity contribution in [1.29, 1.82) is 0 Å². The zero-order valence-electron chi connectivity index (χ0n) is 9.84. The fourth-order valence-corrected chi connectivity index (χ4v) is 1.39. The summed E-state index contributed by atoms with van der Waals surface area (Å²) in [6.07, 6.45) is 3.50. The molecule has 1 aliphatic rings. The molecule has 1 aromatic heterocycles. The molecule has 2 rings (SSSR count). The highest BCUT2D eigenvalue weighted by molar-refractivity contribution is 5.89. The number of ether oxygens (including phenoxy) is 2. The third-order valence-corrected chi connectivity index (χ3v) is 2.24. The second-order valence-electron chi connectivity index (χ2n) is 4.28. The van der Waals surface area contributed by atoms with Gasteiger partial charge in [0.15, 0.2) is 17.2 Å². The molecular formula is C12H15NO4. The lowest BCUT2D eigenvalue weighted by Crippen LogP contribution is -2.13. The number of aromatic carboxylic acids is 1. The van der Waals surface area contributed by atoms with Gasteiger partial charge in [-0.05, 0) is 26.7 Å². The Bertz CT molecular complexity index is 427. The first-order chi connectivity index (χ1) is 8.08. The molecule has 1 fully saturated rings. The topological polar surface area (TPSA) is 68.7 Å². The highest BCUT2D eigenvalue weighted by Gasteiger charge is 2.27. The summed E-state index contributed by atoms with van der Waals surface area (Å²) in [5.41, 5.74) is -0.100. The minimum Gasteiger partial charge on any atom is -0.486 e. The zero-order chi connectivity index (χ0) is 12.4. The molecule has 1 heterocycles. The Morgan fingerprint density at radius 1 is 1.53 bits per heavy atom. The van der Waals surface area contributed by atoms with Crippen molar-refractivity contribution < 1.29 is 19.4 Å². The number of hydrogen-bond donors (Lipinski definition) is 1. The van der Waals surface area contributed by atoms with Crippen LogP contribution in [0, 0.1) is 0 Å². The Morgan fingerprint density at radius 3 is 2.76 bits per heavy atom. The average Bonchev–Trinajstić information content (AvgIpc) is 3.03. The maximum atomic E-state index is 11.1. The van der Waals surface area contributed by atoms with Crippen molar-refractivity contribution in [3.63, 3.8) is 0 Å². The van der Waals surface area contributed by atoms with E-state index in [1.54, 1.807) is 6.07 Å². The molecule has 0 unspecified atom stereocenters. The summed E-state index contributed by atoms with van der Waals surface area (Å²) in [6.45, 7) is 3.67. The minimum absolute atomic E-state index is 0.100. The van der Waals surface area contributed by atoms with E-state index in [0.29, 0.717) is 5.75 Å². The van der Waals surface area contributed by atoms with Gasteiger partial charge in [-0.2, -0.15) is 0 Å². The van der Waals surface area contributed by atoms with E-state index in [2.05, 4.69) is 4.98 Å². The normalized spacial score (nSPS) is 14.8. The second-order valence-corrected chi connectivity index (χ2v) is 4.28. The van der Waals surface area contributed by atoms with Gasteiger partial charge in [0.05, 0.1) is 12.2 Å². The molecule has 1 aliphatic carbocycles. The molecule has 0 bridgehead atoms. The summed E-state index contributed by atoms with van der Waals surface area (Å²) in [6, 6.07) is 1.64. The van der Waals surface area contributed by atoms with Gasteiger partial charge >= 0.3 is 5.97 Å². The molecule has 1 saturated carbocycles. The summed E-state index contributed by atoms with van der Waals surface area (Å²) in [4.78, 5) is 14.9. The molecule has 1 N–H and O–H groups in total. The summed E-state index contributed by atoms with van der Waals surface area (Å²) >= 11 is 0. The third kappa shape index (κ3) is 2.87. The lowest BCUT2D eigenvalue weighted by Gasteiger charge is -2.15. The van der Waals surface area contributed by atoms with Crippen LogP contribution >= 0.6 is 0 Å². The second kappa shape index (κ2) is 4.61. The van der Waals surface area contributed by atoms with E-state index in [9.17, 15) is 4.79 Å². The monoisotopic (exact) mass is 237 g/mol. The van der Waals surface area contributed by atoms with Gasteiger partial charge in [-0.3, -0.25) is 0 Å². The molecule has 5 heteroatoms. The van der Waals surface area contributed by atoms with Crippen molar-refractivity contribution in [3.05, 3.63) is 18.0 Å². The Morgan fingerprint density at radius 2 is 2.24 bits per heavy atom. The van der Waals surface area contributed by atoms with Gasteiger partial charge in [-0.25, -0.2) is 9.78 Å². The van der Waals surface area contributed by atoms with E-state index in [-0.39, 0.29) is 23.7 Å². The first-order valence-corrected chi connectivity index (χ1v) is 5.63. The van der Waals surface area contributed by atoms with Crippen LogP contribution in [-0.4, -0.2) is 28.3 Å². The smallest absolute Gasteiger partial charge is 0.358 e. The lowest BCUT2D eigenvalue weighted by atomic mass is 10.3. The Labute approximate surface area is 99.4 Å². The molecule has 1 aromatic rings. The van der Waals surface area contributed by atoms with E-state index in [0.717, 1.165) is 12.8 Å². The highest BCUT2D eigenvalue weighted by Crippen LogP contribution is 2.35. The molecule has 92 valence electrons. The molecule has 0 aliphatic heterocycles. The van der Waals surface area contributed by atoms with Crippen molar-refractivity contribution in [2.24, 2.45) is 0 Å². The van der Waals surface area contributed by atoms with Crippen molar-refractivity contribution in [1.82, 2.24) is 4.98 Å². The summed E-state index contributed by atoms with van der Waals surface area (Å²) in [5, 5.41) is 9.05. The number of hydrogen-bond acceptors (Lipinski definition) is 4. The first-order valence-electron chi connectivity index (χ1n) is 5.63. The van der Waals surface area contributed by atoms with Crippen LogP contribution in [0.2, 0.25) is 0 Å². The SMILES string of the molecule is CC(C)Oc1c(OC2CC2)ccnc1C(=O)O. The fraction of sp³-hybridized carbons (Fsp3) is 0.500. The van der Waals surface area contributed by atoms with E-state index >= 15 is 0 Å². The van der Waals surface area contributed by atoms with Gasteiger partial charge in [-0.15, -0.1) is 0 Å². The largest absolute Gasteiger partial charge is 0.486 e. The molecule has 0 amide bonds. The van der Waals surface area contributed by atoms with E-state index in [4.69, 9.17) is 14.6 Å². The maximum absolute atomic E-state index is 11.1. The van der Waals surface area contributed by atoms with E-state index in [1.165, 1.54) is 6.20 Å². The number of aromatic nitrogens is 1. The van der Waals surface area contributed by atoms with Crippen molar-refractivity contribution >= 4 is 5.97 Å². The van der Waals surface area contributed by atoms with E-state index < -0.39 is 5.97 Å². The number of rotatable bonds is 5. The van der Waals surface area contributed by atoms with Crippen molar-refractivity contribution in [2.45, 2.75) is 38.9 Å². The van der Waals surface area contributed by atoms with Crippen LogP contribution in [0.4, 0.5) is 0 Å². The standard InChI is InChI=1S/C12H15NO4/c1-7(2)16-11-9(17-8-3-4-8)5-6-13-10(11)12(14)15/h5-8H,3-4H2,1-2H3,(H,14,15). The van der Waals surface area contributed by atoms with Crippen LogP contribution in [0.15, 0.2) is 12.3 Å². The van der Waals surface area contributed by atoms with E-state index in [1.807, 2.05) is 13.8 Å². The molecule has 0 spiro atoms. The van der Waals surface area contributed by atoms with Crippen LogP contribution in [0.25, 0.3) is 0 Å². The summed E-state index contributed by atoms with van der Waals surface area (Å²) < 4.78 is 11.1. The van der Waals surface area contributed by atoms with Gasteiger partial charge < -0.3 is 14.6 Å². The highest BCUT2D eigenvalue weighted by atomic mass is 16.5. The summed E-state index contributed by atoms with van der Waals surface area (Å²) in [5.74, 6) is -0.419. The molecule has 5 nitrogen and oxygen atoms in total. The molecule has 0 saturated heterocycles. The van der Waals surface area contributed by atoms with Gasteiger partial charge in [-0.1, -0.05) is 0 Å². The van der Waals surface area contributed by atoms with Crippen LogP contribution in [-0.2, 0) is 0 Å². The molecule has 0 atom stereocenters. The number of nitrogens with zero attached hydrogens (tertiary/aromatic N) is 1. The quantitative estimate of drug-likeness (QED) is 0.849. The number of carboxylic acid groups (broad SMARTS) is 1. The van der Waals surface area contributed by atoms with Crippen LogP contribution in [0.1, 0.15) is 37.2 Å². The van der Waals surface area contributed by atoms with Crippen molar-refractivity contribution in [3.8, 4) is 11.5 Å². The zero-order valence-corrected chi connectivity index (χ0v) is 9.84. The number of carboxylic acids is 1. The van der Waals surface area contributed by atoms with Crippen LogP contribution < -0.4 is 9.47 Å². The third-order valence-electron chi connectivity index (χ3n) is 2.24. The van der Waals surface area contributed by atoms with Gasteiger partial charge in [0, 0.05) is 12.3 Å². The Hall–Kier alpha value is -1.78. The lowest BCUT2D eigenvalue weighted by molar-refractivity contribution is 0.0681. The minimum atomic E-state index is -1.11. The van der Waals surface area contributed by atoms with Gasteiger partial charge in [0.1, 0.15) is 0 Å². The Kier molecular flexibility index (Phi) is 3.17. The van der Waals surface area contributed by atoms with Gasteiger partial charge in [0.25, 0.3) is 0 Å². The predicted molar refractivity (Wildman–Crippen MR) is 60.6 cm³/mol. The van der Waals surface area contributed by atoms with Gasteiger partial charge in [0.2, 0.25) is 0 Å². The number of pyridine rings is 1. The molecule has 0 radical (unpaired) electrons. The fourth-order valence-electron chi connectivity index (χ4n) is 1.39. The maximum Gasteiger partial charge on any atom is 0.358 e. The average molecular weight is 237 g/mol. The molecular weight excluding hydrogens is 222 g/mol. The van der Waals surface area contributed by atoms with Crippen LogP contribution in [0.5, 0.6) is 11.5 Å². The Balaban J connectivity index is 2.34. The molecule has 0 aromatic carbocycles. The number of carbonyl (C=O) groups is 1. The van der Waals surface area contributed by atoms with Crippen LogP contribution in [0.3, 0.4) is 0 Å². The molecule has 17 heavy (non-hydrogen) atoms. The van der Waals surface area contributed by atoms with Crippen molar-refractivity contribution in [2.75, 3.05) is 0 Å².